The van der Waals surface area contributed by atoms with Crippen LogP contribution in [0.3, 0.4) is 0 Å². The number of aliphatic hydroxyl groups is 1. The van der Waals surface area contributed by atoms with Crippen molar-refractivity contribution in [3.63, 3.8) is 0 Å². The third kappa shape index (κ3) is 4.87. The maximum absolute atomic E-state index is 13.9. The molecule has 1 saturated carbocycles. The minimum Gasteiger partial charge on any atom is -0.391 e. The van der Waals surface area contributed by atoms with E-state index in [1.54, 1.807) is 35.4 Å². The average molecular weight is 506 g/mol. The number of aliphatic hydroxyl groups excluding tert-OH is 1. The molecular formula is C28H28ClN3O4. The second-order valence-electron chi connectivity index (χ2n) is 9.27. The molecule has 186 valence electrons. The summed E-state index contributed by atoms with van der Waals surface area (Å²) in [5, 5.41) is 11.5. The molecule has 1 aliphatic heterocycles. The Balaban J connectivity index is 1.54. The number of nitrogens with one attached hydrogen (secondary N) is 1. The number of nitrogens with zero attached hydrogens (tertiary/aromatic N) is 2. The summed E-state index contributed by atoms with van der Waals surface area (Å²) in [5.41, 5.74) is 5.14. The molecule has 1 fully saturated rings. The van der Waals surface area contributed by atoms with E-state index in [1.165, 1.54) is 0 Å². The van der Waals surface area contributed by atoms with Crippen LogP contribution in [-0.4, -0.2) is 39.0 Å². The van der Waals surface area contributed by atoms with Gasteiger partial charge in [-0.3, -0.25) is 19.4 Å². The van der Waals surface area contributed by atoms with E-state index < -0.39 is 24.1 Å². The second kappa shape index (κ2) is 10.8. The van der Waals surface area contributed by atoms with E-state index in [0.29, 0.717) is 34.7 Å². The number of hydrogen-bond donors (Lipinski definition) is 2. The molecule has 2 N–H and O–H groups in total. The van der Waals surface area contributed by atoms with Gasteiger partial charge in [0.05, 0.1) is 29.8 Å². The van der Waals surface area contributed by atoms with E-state index in [2.05, 4.69) is 10.5 Å². The summed E-state index contributed by atoms with van der Waals surface area (Å²) in [6.45, 7) is 0.108. The van der Waals surface area contributed by atoms with Crippen LogP contribution in [0.4, 0.5) is 0 Å². The molecule has 0 radical (unpaired) electrons. The maximum Gasteiger partial charge on any atom is 0.255 e. The van der Waals surface area contributed by atoms with Crippen LogP contribution in [0.15, 0.2) is 72.9 Å². The Hall–Kier alpha value is -3.26. The monoisotopic (exact) mass is 505 g/mol. The van der Waals surface area contributed by atoms with Crippen molar-refractivity contribution in [1.82, 2.24) is 15.4 Å². The van der Waals surface area contributed by atoms with Crippen molar-refractivity contribution < 1.29 is 19.5 Å². The van der Waals surface area contributed by atoms with Gasteiger partial charge in [-0.1, -0.05) is 60.8 Å². The molecule has 2 amide bonds. The number of pyridine rings is 1. The van der Waals surface area contributed by atoms with Crippen LogP contribution in [0.25, 0.3) is 0 Å². The number of rotatable bonds is 6. The highest BCUT2D eigenvalue weighted by Crippen LogP contribution is 2.46. The fourth-order valence-electron chi connectivity index (χ4n) is 5.36. The normalized spacial score (nSPS) is 23.7. The van der Waals surface area contributed by atoms with Gasteiger partial charge in [0.15, 0.2) is 0 Å². The molecular weight excluding hydrogens is 478 g/mol. The molecule has 0 unspecified atom stereocenters. The first-order chi connectivity index (χ1) is 17.5. The Morgan fingerprint density at radius 1 is 1.06 bits per heavy atom. The molecule has 8 heteroatoms. The fraction of sp³-hybridized carbons (Fsp3) is 0.321. The molecule has 1 aromatic heterocycles. The van der Waals surface area contributed by atoms with Crippen LogP contribution < -0.4 is 5.48 Å². The number of amides is 2. The fourth-order valence-corrected chi connectivity index (χ4v) is 5.48. The van der Waals surface area contributed by atoms with Crippen molar-refractivity contribution in [2.75, 3.05) is 0 Å². The predicted molar refractivity (Wildman–Crippen MR) is 135 cm³/mol. The van der Waals surface area contributed by atoms with Gasteiger partial charge < -0.3 is 10.0 Å². The zero-order chi connectivity index (χ0) is 25.1. The lowest BCUT2D eigenvalue weighted by molar-refractivity contribution is -0.138. The van der Waals surface area contributed by atoms with Crippen LogP contribution >= 0.6 is 11.6 Å². The Morgan fingerprint density at radius 2 is 1.81 bits per heavy atom. The molecule has 0 spiro atoms. The van der Waals surface area contributed by atoms with Gasteiger partial charge in [0.1, 0.15) is 6.61 Å². The Kier molecular flexibility index (Phi) is 7.32. The minimum atomic E-state index is -0.752. The highest BCUT2D eigenvalue weighted by Gasteiger charge is 2.48. The van der Waals surface area contributed by atoms with E-state index in [-0.39, 0.29) is 18.4 Å². The SMILES string of the molecule is O=C(NOCc1ccccn1)[C@H]1c2ccccc2C(=O)N([C@H]2CCCC[C@@H]2O)[C@@H]1c1ccc(Cl)cc1. The molecule has 7 nitrogen and oxygen atoms in total. The van der Waals surface area contributed by atoms with Gasteiger partial charge in [-0.2, -0.15) is 0 Å². The summed E-state index contributed by atoms with van der Waals surface area (Å²) in [7, 11) is 0. The molecule has 1 aliphatic carbocycles. The summed E-state index contributed by atoms with van der Waals surface area (Å²) in [6, 6.07) is 18.8. The van der Waals surface area contributed by atoms with Crippen LogP contribution in [0.2, 0.25) is 5.02 Å². The standard InChI is InChI=1S/C28H28ClN3O4/c29-19-14-12-18(13-15-19)26-25(27(34)31-36-17-20-7-5-6-16-30-20)21-8-1-2-9-22(21)28(35)32(26)23-10-3-4-11-24(23)33/h1-2,5-9,12-16,23-26,33H,3-4,10-11,17H2,(H,31,34)/t23-,24-,25-,26+/m0/s1. The maximum atomic E-state index is 13.9. The van der Waals surface area contributed by atoms with Crippen molar-refractivity contribution in [2.45, 2.75) is 56.4 Å². The number of hydroxylamine groups is 1. The third-order valence-electron chi connectivity index (χ3n) is 7.04. The molecule has 4 atom stereocenters. The van der Waals surface area contributed by atoms with Gasteiger partial charge in [-0.15, -0.1) is 0 Å². The highest BCUT2D eigenvalue weighted by atomic mass is 35.5. The number of carbonyl (C=O) groups is 2. The first-order valence-corrected chi connectivity index (χ1v) is 12.6. The molecule has 2 heterocycles. The number of carbonyl (C=O) groups excluding carboxylic acids is 2. The lowest BCUT2D eigenvalue weighted by Crippen LogP contribution is -2.55. The van der Waals surface area contributed by atoms with Crippen molar-refractivity contribution in [3.05, 3.63) is 100 Å². The summed E-state index contributed by atoms with van der Waals surface area (Å²) >= 11 is 6.17. The Bertz CT molecular complexity index is 1220. The molecule has 5 rings (SSSR count). The van der Waals surface area contributed by atoms with Crippen molar-refractivity contribution in [1.29, 1.82) is 0 Å². The highest BCUT2D eigenvalue weighted by molar-refractivity contribution is 6.30. The van der Waals surface area contributed by atoms with Gasteiger partial charge in [0.2, 0.25) is 0 Å². The third-order valence-corrected chi connectivity index (χ3v) is 7.29. The lowest BCUT2D eigenvalue weighted by Gasteiger charge is -2.48. The molecule has 2 aromatic carbocycles. The summed E-state index contributed by atoms with van der Waals surface area (Å²) in [4.78, 5) is 39.1. The number of fused-ring (bicyclic) bond motifs is 1. The first-order valence-electron chi connectivity index (χ1n) is 12.2. The van der Waals surface area contributed by atoms with Gasteiger partial charge >= 0.3 is 0 Å². The van der Waals surface area contributed by atoms with E-state index in [9.17, 15) is 14.7 Å². The molecule has 0 saturated heterocycles. The molecule has 3 aromatic rings. The van der Waals surface area contributed by atoms with E-state index in [0.717, 1.165) is 18.4 Å². The quantitative estimate of drug-likeness (QED) is 0.479. The van der Waals surface area contributed by atoms with Crippen LogP contribution in [-0.2, 0) is 16.2 Å². The zero-order valence-corrected chi connectivity index (χ0v) is 20.5. The van der Waals surface area contributed by atoms with Crippen LogP contribution in [0, 0.1) is 0 Å². The predicted octanol–water partition coefficient (Wildman–Crippen LogP) is 4.57. The van der Waals surface area contributed by atoms with E-state index >= 15 is 0 Å². The van der Waals surface area contributed by atoms with Crippen molar-refractivity contribution in [3.8, 4) is 0 Å². The largest absolute Gasteiger partial charge is 0.391 e. The Labute approximate surface area is 215 Å². The number of benzene rings is 2. The smallest absolute Gasteiger partial charge is 0.255 e. The first kappa shape index (κ1) is 24.4. The van der Waals surface area contributed by atoms with Crippen molar-refractivity contribution >= 4 is 23.4 Å². The number of aromatic nitrogens is 1. The second-order valence-corrected chi connectivity index (χ2v) is 9.71. The lowest BCUT2D eigenvalue weighted by atomic mass is 9.77. The molecule has 2 aliphatic rings. The summed E-state index contributed by atoms with van der Waals surface area (Å²) in [5.74, 6) is -1.31. The van der Waals surface area contributed by atoms with Crippen LogP contribution in [0.1, 0.15) is 64.8 Å². The van der Waals surface area contributed by atoms with Gasteiger partial charge in [-0.05, 0) is 54.3 Å². The van der Waals surface area contributed by atoms with Gasteiger partial charge in [-0.25, -0.2) is 5.48 Å². The van der Waals surface area contributed by atoms with Crippen molar-refractivity contribution in [2.24, 2.45) is 0 Å². The van der Waals surface area contributed by atoms with Gasteiger partial charge in [0.25, 0.3) is 11.8 Å². The van der Waals surface area contributed by atoms with Gasteiger partial charge in [0, 0.05) is 16.8 Å². The van der Waals surface area contributed by atoms with E-state index in [1.807, 2.05) is 42.5 Å². The Morgan fingerprint density at radius 3 is 2.56 bits per heavy atom. The average Bonchev–Trinajstić information content (AvgIpc) is 2.90. The summed E-state index contributed by atoms with van der Waals surface area (Å²) in [6.07, 6.45) is 4.11. The zero-order valence-electron chi connectivity index (χ0n) is 19.7. The molecule has 36 heavy (non-hydrogen) atoms. The number of halogens is 1. The topological polar surface area (TPSA) is 91.8 Å². The van der Waals surface area contributed by atoms with Crippen LogP contribution in [0.5, 0.6) is 0 Å². The number of hydrogen-bond acceptors (Lipinski definition) is 5. The van der Waals surface area contributed by atoms with E-state index in [4.69, 9.17) is 16.4 Å². The minimum absolute atomic E-state index is 0.108. The molecule has 0 bridgehead atoms. The summed E-state index contributed by atoms with van der Waals surface area (Å²) < 4.78 is 0.